The molecule has 0 aliphatic heterocycles. The second-order valence-corrected chi connectivity index (χ2v) is 8.50. The number of anilines is 1. The zero-order chi connectivity index (χ0) is 21.1. The maximum Gasteiger partial charge on any atom is 0.0991 e. The largest absolute Gasteiger partial charge is 0.372 e. The molecule has 0 spiro atoms. The third-order valence-corrected chi connectivity index (χ3v) is 6.47. The summed E-state index contributed by atoms with van der Waals surface area (Å²) in [5.74, 6) is 0. The van der Waals surface area contributed by atoms with Crippen LogP contribution < -0.4 is 4.90 Å². The predicted octanol–water partition coefficient (Wildman–Crippen LogP) is 6.05. The summed E-state index contributed by atoms with van der Waals surface area (Å²) in [7, 11) is 0. The average Bonchev–Trinajstić information content (AvgIpc) is 3.44. The Morgan fingerprint density at radius 2 is 1.77 bits per heavy atom. The van der Waals surface area contributed by atoms with Crippen LogP contribution in [0.15, 0.2) is 60.5 Å². The Hall–Kier alpha value is -2.92. The quantitative estimate of drug-likeness (QED) is 0.368. The van der Waals surface area contributed by atoms with Crippen LogP contribution in [-0.2, 0) is 6.42 Å². The Bertz CT molecular complexity index is 1110. The first-order chi connectivity index (χ1) is 14.6. The highest BCUT2D eigenvalue weighted by atomic mass is 32.1. The number of aromatic nitrogens is 3. The Morgan fingerprint density at radius 3 is 2.43 bits per heavy atom. The van der Waals surface area contributed by atoms with Crippen molar-refractivity contribution >= 4 is 17.0 Å². The summed E-state index contributed by atoms with van der Waals surface area (Å²) in [6.45, 7) is 10.9. The molecule has 0 bridgehead atoms. The first-order valence-electron chi connectivity index (χ1n) is 10.5. The van der Waals surface area contributed by atoms with Gasteiger partial charge in [0.25, 0.3) is 0 Å². The van der Waals surface area contributed by atoms with Gasteiger partial charge < -0.3 is 9.47 Å². The van der Waals surface area contributed by atoms with Gasteiger partial charge >= 0.3 is 0 Å². The van der Waals surface area contributed by atoms with Crippen LogP contribution in [0.2, 0.25) is 0 Å². The molecule has 2 heterocycles. The molecule has 0 amide bonds. The molecule has 0 aliphatic rings. The topological polar surface area (TPSA) is 34.0 Å². The fourth-order valence-electron chi connectivity index (χ4n) is 3.88. The monoisotopic (exact) mass is 416 g/mol. The number of hydrogen-bond donors (Lipinski definition) is 0. The highest BCUT2D eigenvalue weighted by Gasteiger charge is 2.12. The third-order valence-electron chi connectivity index (χ3n) is 5.62. The number of rotatable bonds is 7. The first-order valence-corrected chi connectivity index (χ1v) is 11.3. The van der Waals surface area contributed by atoms with Crippen molar-refractivity contribution in [1.29, 1.82) is 0 Å². The maximum absolute atomic E-state index is 4.93. The molecule has 4 aromatic rings. The molecule has 154 valence electrons. The van der Waals surface area contributed by atoms with E-state index < -0.39 is 0 Å². The number of imidazole rings is 1. The minimum absolute atomic E-state index is 0.873. The fraction of sp³-hybridized carbons (Fsp3) is 0.280. The van der Waals surface area contributed by atoms with E-state index in [1.165, 1.54) is 22.4 Å². The van der Waals surface area contributed by atoms with Crippen LogP contribution in [-0.4, -0.2) is 27.6 Å². The van der Waals surface area contributed by atoms with Crippen molar-refractivity contribution in [2.75, 3.05) is 18.0 Å². The van der Waals surface area contributed by atoms with E-state index in [1.54, 1.807) is 17.5 Å². The second-order valence-electron chi connectivity index (χ2n) is 7.56. The summed E-state index contributed by atoms with van der Waals surface area (Å²) in [4.78, 5) is 11.5. The van der Waals surface area contributed by atoms with Gasteiger partial charge in [0.2, 0.25) is 0 Å². The van der Waals surface area contributed by atoms with Crippen molar-refractivity contribution in [2.24, 2.45) is 0 Å². The number of thiazole rings is 1. The van der Waals surface area contributed by atoms with Crippen LogP contribution in [0, 0.1) is 13.8 Å². The van der Waals surface area contributed by atoms with E-state index in [9.17, 15) is 0 Å². The van der Waals surface area contributed by atoms with E-state index in [4.69, 9.17) is 4.98 Å². The molecule has 4 nitrogen and oxygen atoms in total. The van der Waals surface area contributed by atoms with Crippen LogP contribution in [0.25, 0.3) is 16.9 Å². The van der Waals surface area contributed by atoms with Crippen molar-refractivity contribution in [3.05, 3.63) is 82.2 Å². The molecule has 2 aromatic carbocycles. The normalized spacial score (nSPS) is 11.1. The van der Waals surface area contributed by atoms with E-state index >= 15 is 0 Å². The van der Waals surface area contributed by atoms with Crippen LogP contribution in [0.3, 0.4) is 0 Å². The molecule has 0 saturated heterocycles. The van der Waals surface area contributed by atoms with Gasteiger partial charge in [0.15, 0.2) is 0 Å². The smallest absolute Gasteiger partial charge is 0.0991 e. The SMILES string of the molecule is CCN(CC)c1cc(Cc2nc(-c3ccc(-n4ccnc4)cc3)cs2)c(C)cc1C. The Morgan fingerprint density at radius 1 is 1.00 bits per heavy atom. The first kappa shape index (κ1) is 20.4. The molecule has 0 radical (unpaired) electrons. The van der Waals surface area contributed by atoms with Gasteiger partial charge in [-0.25, -0.2) is 9.97 Å². The van der Waals surface area contributed by atoms with E-state index in [0.29, 0.717) is 0 Å². The highest BCUT2D eigenvalue weighted by Crippen LogP contribution is 2.29. The van der Waals surface area contributed by atoms with Gasteiger partial charge in [0.05, 0.1) is 17.0 Å². The molecular weight excluding hydrogens is 388 g/mol. The molecule has 0 N–H and O–H groups in total. The summed E-state index contributed by atoms with van der Waals surface area (Å²) < 4.78 is 2.00. The summed E-state index contributed by atoms with van der Waals surface area (Å²) in [6.07, 6.45) is 6.43. The number of aryl methyl sites for hydroxylation is 2. The van der Waals surface area contributed by atoms with Crippen molar-refractivity contribution in [1.82, 2.24) is 14.5 Å². The lowest BCUT2D eigenvalue weighted by molar-refractivity contribution is 0.859. The van der Waals surface area contributed by atoms with Crippen LogP contribution in [0.1, 0.15) is 35.5 Å². The second kappa shape index (κ2) is 8.84. The third kappa shape index (κ3) is 4.17. The Kier molecular flexibility index (Phi) is 6.00. The molecule has 5 heteroatoms. The molecule has 4 rings (SSSR count). The zero-order valence-electron chi connectivity index (χ0n) is 18.1. The average molecular weight is 417 g/mol. The van der Waals surface area contributed by atoms with Gasteiger partial charge in [-0.3, -0.25) is 0 Å². The predicted molar refractivity (Wildman–Crippen MR) is 127 cm³/mol. The molecule has 0 unspecified atom stereocenters. The van der Waals surface area contributed by atoms with Gasteiger partial charge in [0.1, 0.15) is 0 Å². The van der Waals surface area contributed by atoms with Gasteiger partial charge in [-0.15, -0.1) is 11.3 Å². The van der Waals surface area contributed by atoms with Crippen LogP contribution in [0.5, 0.6) is 0 Å². The van der Waals surface area contributed by atoms with Gasteiger partial charge in [-0.05, 0) is 62.6 Å². The lowest BCUT2D eigenvalue weighted by Gasteiger charge is -2.24. The van der Waals surface area contributed by atoms with E-state index in [2.05, 4.69) is 79.4 Å². The number of nitrogens with zero attached hydrogens (tertiary/aromatic N) is 4. The van der Waals surface area contributed by atoms with E-state index in [1.807, 2.05) is 17.1 Å². The summed E-state index contributed by atoms with van der Waals surface area (Å²) >= 11 is 1.74. The number of benzene rings is 2. The fourth-order valence-corrected chi connectivity index (χ4v) is 4.71. The van der Waals surface area contributed by atoms with E-state index in [0.717, 1.165) is 41.5 Å². The molecule has 30 heavy (non-hydrogen) atoms. The van der Waals surface area contributed by atoms with Crippen LogP contribution >= 0.6 is 11.3 Å². The van der Waals surface area contributed by atoms with Crippen molar-refractivity contribution in [2.45, 2.75) is 34.1 Å². The van der Waals surface area contributed by atoms with Crippen LogP contribution in [0.4, 0.5) is 5.69 Å². The molecule has 0 aliphatic carbocycles. The molecule has 0 saturated carbocycles. The number of hydrogen-bond acceptors (Lipinski definition) is 4. The zero-order valence-corrected chi connectivity index (χ0v) is 18.9. The highest BCUT2D eigenvalue weighted by molar-refractivity contribution is 7.10. The van der Waals surface area contributed by atoms with Gasteiger partial charge in [0, 0.05) is 54.2 Å². The lowest BCUT2D eigenvalue weighted by atomic mass is 10.0. The standard InChI is InChI=1S/C25H28N4S/c1-5-28(6-2)24-14-21(18(3)13-19(24)4)15-25-27-23(16-30-25)20-7-9-22(10-8-20)29-12-11-26-17-29/h7-14,16-17H,5-6,15H2,1-4H3. The minimum atomic E-state index is 0.873. The van der Waals surface area contributed by atoms with Gasteiger partial charge in [-0.2, -0.15) is 0 Å². The molecular formula is C25H28N4S. The molecule has 2 aromatic heterocycles. The van der Waals surface area contributed by atoms with Crippen molar-refractivity contribution in [3.63, 3.8) is 0 Å². The summed E-state index contributed by atoms with van der Waals surface area (Å²) in [6, 6.07) is 13.1. The summed E-state index contributed by atoms with van der Waals surface area (Å²) in [5.41, 5.74) is 8.67. The van der Waals surface area contributed by atoms with Crippen molar-refractivity contribution in [3.8, 4) is 16.9 Å². The van der Waals surface area contributed by atoms with E-state index in [-0.39, 0.29) is 0 Å². The molecule has 0 fully saturated rings. The lowest BCUT2D eigenvalue weighted by Crippen LogP contribution is -2.23. The Balaban J connectivity index is 1.56. The molecule has 0 atom stereocenters. The summed E-state index contributed by atoms with van der Waals surface area (Å²) in [5, 5.41) is 3.32. The maximum atomic E-state index is 4.93. The van der Waals surface area contributed by atoms with Gasteiger partial charge in [-0.1, -0.05) is 18.2 Å². The van der Waals surface area contributed by atoms with Crippen molar-refractivity contribution < 1.29 is 0 Å². The Labute approximate surface area is 182 Å². The minimum Gasteiger partial charge on any atom is -0.372 e.